The molecule has 0 saturated heterocycles. The second-order valence-corrected chi connectivity index (χ2v) is 4.52. The molecule has 82 valence electrons. The van der Waals surface area contributed by atoms with Crippen molar-refractivity contribution in [2.24, 2.45) is 0 Å². The molecule has 2 rings (SSSR count). The number of halogens is 3. The van der Waals surface area contributed by atoms with Crippen LogP contribution in [0, 0.1) is 0 Å². The van der Waals surface area contributed by atoms with Crippen LogP contribution in [0.5, 0.6) is 0 Å². The fraction of sp³-hybridized carbons (Fsp3) is 0.0769. The molecule has 0 aromatic heterocycles. The molecule has 0 atom stereocenters. The molecule has 0 aliphatic heterocycles. The molecule has 0 aliphatic rings. The predicted octanol–water partition coefficient (Wildman–Crippen LogP) is 5.40. The van der Waals surface area contributed by atoms with E-state index in [9.17, 15) is 0 Å². The Morgan fingerprint density at radius 1 is 0.875 bits per heavy atom. The van der Waals surface area contributed by atoms with Gasteiger partial charge in [0.25, 0.3) is 0 Å². The summed E-state index contributed by atoms with van der Waals surface area (Å²) in [6, 6.07) is 13.5. The van der Waals surface area contributed by atoms with E-state index < -0.39 is 0 Å². The van der Waals surface area contributed by atoms with Crippen molar-refractivity contribution in [1.82, 2.24) is 0 Å². The Hall–Kier alpha value is -0.690. The maximum Gasteiger partial charge on any atom is 0.0502 e. The third-order valence-corrected chi connectivity index (χ3v) is 3.22. The molecule has 0 nitrogen and oxygen atoms in total. The molecular weight excluding hydrogens is 263 g/mol. The molecule has 2 aromatic carbocycles. The topological polar surface area (TPSA) is 0 Å². The van der Waals surface area contributed by atoms with E-state index in [1.54, 1.807) is 0 Å². The number of rotatable bonds is 2. The van der Waals surface area contributed by atoms with Gasteiger partial charge in [0.2, 0.25) is 0 Å². The largest absolute Gasteiger partial charge is 0.122 e. The van der Waals surface area contributed by atoms with Gasteiger partial charge in [-0.2, -0.15) is 0 Å². The molecular formula is C13H9Cl3. The first kappa shape index (κ1) is 11.8. The molecule has 0 N–H and O–H groups in total. The molecule has 16 heavy (non-hydrogen) atoms. The van der Waals surface area contributed by atoms with Crippen LogP contribution >= 0.6 is 34.8 Å². The molecule has 0 amide bonds. The summed E-state index contributed by atoms with van der Waals surface area (Å²) in [4.78, 5) is 0. The number of benzene rings is 2. The highest BCUT2D eigenvalue weighted by Crippen LogP contribution is 2.35. The van der Waals surface area contributed by atoms with Crippen molar-refractivity contribution in [3.05, 3.63) is 58.1 Å². The van der Waals surface area contributed by atoms with E-state index in [1.807, 2.05) is 42.5 Å². The Kier molecular flexibility index (Phi) is 3.75. The van der Waals surface area contributed by atoms with Crippen LogP contribution in [0.15, 0.2) is 42.5 Å². The van der Waals surface area contributed by atoms with E-state index >= 15 is 0 Å². The molecule has 0 fully saturated rings. The summed E-state index contributed by atoms with van der Waals surface area (Å²) in [5.41, 5.74) is 2.80. The predicted molar refractivity (Wildman–Crippen MR) is 71.5 cm³/mol. The van der Waals surface area contributed by atoms with Crippen LogP contribution in [-0.2, 0) is 5.88 Å². The van der Waals surface area contributed by atoms with Crippen LogP contribution in [0.1, 0.15) is 5.56 Å². The fourth-order valence-corrected chi connectivity index (χ4v) is 2.49. The Balaban J connectivity index is 2.58. The van der Waals surface area contributed by atoms with Gasteiger partial charge in [-0.3, -0.25) is 0 Å². The van der Waals surface area contributed by atoms with Crippen molar-refractivity contribution >= 4 is 34.8 Å². The van der Waals surface area contributed by atoms with Gasteiger partial charge in [-0.05, 0) is 23.3 Å². The highest BCUT2D eigenvalue weighted by atomic mass is 35.5. The number of alkyl halides is 1. The second kappa shape index (κ2) is 5.09. The fourth-order valence-electron chi connectivity index (χ4n) is 1.58. The Morgan fingerprint density at radius 3 is 1.94 bits per heavy atom. The summed E-state index contributed by atoms with van der Waals surface area (Å²) in [6.07, 6.45) is 0. The van der Waals surface area contributed by atoms with Crippen LogP contribution in [0.25, 0.3) is 11.1 Å². The quantitative estimate of drug-likeness (QED) is 0.642. The van der Waals surface area contributed by atoms with Crippen molar-refractivity contribution in [3.63, 3.8) is 0 Å². The monoisotopic (exact) mass is 270 g/mol. The molecule has 2 aromatic rings. The van der Waals surface area contributed by atoms with Crippen molar-refractivity contribution in [3.8, 4) is 11.1 Å². The van der Waals surface area contributed by atoms with Crippen LogP contribution in [-0.4, -0.2) is 0 Å². The third kappa shape index (κ3) is 2.35. The van der Waals surface area contributed by atoms with Gasteiger partial charge in [-0.25, -0.2) is 0 Å². The zero-order valence-corrected chi connectivity index (χ0v) is 10.7. The third-order valence-electron chi connectivity index (χ3n) is 2.32. The van der Waals surface area contributed by atoms with Gasteiger partial charge in [-0.15, -0.1) is 11.6 Å². The van der Waals surface area contributed by atoms with Crippen LogP contribution in [0.4, 0.5) is 0 Å². The van der Waals surface area contributed by atoms with E-state index in [1.165, 1.54) is 0 Å². The van der Waals surface area contributed by atoms with Crippen LogP contribution in [0.2, 0.25) is 10.0 Å². The zero-order valence-electron chi connectivity index (χ0n) is 8.38. The van der Waals surface area contributed by atoms with Gasteiger partial charge in [0.1, 0.15) is 0 Å². The van der Waals surface area contributed by atoms with Crippen LogP contribution in [0.3, 0.4) is 0 Å². The van der Waals surface area contributed by atoms with Crippen molar-refractivity contribution in [2.75, 3.05) is 0 Å². The van der Waals surface area contributed by atoms with Crippen molar-refractivity contribution < 1.29 is 0 Å². The molecule has 0 radical (unpaired) electrons. The second-order valence-electron chi connectivity index (χ2n) is 3.43. The Labute approximate surface area is 110 Å². The van der Waals surface area contributed by atoms with E-state index in [0.29, 0.717) is 15.9 Å². The Morgan fingerprint density at radius 2 is 1.44 bits per heavy atom. The summed E-state index contributed by atoms with van der Waals surface area (Å²) in [7, 11) is 0. The lowest BCUT2D eigenvalue weighted by atomic mass is 10.0. The highest BCUT2D eigenvalue weighted by molar-refractivity contribution is 6.39. The van der Waals surface area contributed by atoms with Crippen molar-refractivity contribution in [1.29, 1.82) is 0 Å². The maximum absolute atomic E-state index is 6.20. The summed E-state index contributed by atoms with van der Waals surface area (Å²) >= 11 is 18.2. The highest BCUT2D eigenvalue weighted by Gasteiger charge is 2.09. The van der Waals surface area contributed by atoms with Crippen molar-refractivity contribution in [2.45, 2.75) is 5.88 Å². The summed E-state index contributed by atoms with van der Waals surface area (Å²) in [5, 5.41) is 1.27. The first-order valence-electron chi connectivity index (χ1n) is 4.81. The molecule has 3 heteroatoms. The SMILES string of the molecule is ClCc1cc(Cl)c(-c2ccccc2)c(Cl)c1. The minimum Gasteiger partial charge on any atom is -0.122 e. The van der Waals surface area contributed by atoms with Gasteiger partial charge in [-0.1, -0.05) is 53.5 Å². The molecule has 0 aliphatic carbocycles. The standard InChI is InChI=1S/C13H9Cl3/c14-8-9-6-11(15)13(12(16)7-9)10-4-2-1-3-5-10/h1-7H,8H2. The van der Waals surface area contributed by atoms with Gasteiger partial charge >= 0.3 is 0 Å². The lowest BCUT2D eigenvalue weighted by Crippen LogP contribution is -1.85. The normalized spacial score (nSPS) is 10.4. The molecule has 0 spiro atoms. The lowest BCUT2D eigenvalue weighted by molar-refractivity contribution is 1.40. The lowest BCUT2D eigenvalue weighted by Gasteiger charge is -2.09. The molecule has 0 heterocycles. The van der Waals surface area contributed by atoms with E-state index in [-0.39, 0.29) is 0 Å². The molecule has 0 unspecified atom stereocenters. The maximum atomic E-state index is 6.20. The van der Waals surface area contributed by atoms with E-state index in [4.69, 9.17) is 34.8 Å². The first-order chi connectivity index (χ1) is 7.72. The van der Waals surface area contributed by atoms with Gasteiger partial charge in [0.15, 0.2) is 0 Å². The minimum absolute atomic E-state index is 0.411. The summed E-state index contributed by atoms with van der Waals surface area (Å²) in [6.45, 7) is 0. The smallest absolute Gasteiger partial charge is 0.0502 e. The Bertz CT molecular complexity index is 469. The summed E-state index contributed by atoms with van der Waals surface area (Å²) < 4.78 is 0. The number of hydrogen-bond donors (Lipinski definition) is 0. The number of hydrogen-bond acceptors (Lipinski definition) is 0. The zero-order chi connectivity index (χ0) is 11.5. The molecule has 0 bridgehead atoms. The average Bonchev–Trinajstić information content (AvgIpc) is 2.29. The minimum atomic E-state index is 0.411. The summed E-state index contributed by atoms with van der Waals surface area (Å²) in [5.74, 6) is 0.411. The first-order valence-corrected chi connectivity index (χ1v) is 6.10. The van der Waals surface area contributed by atoms with Crippen LogP contribution < -0.4 is 0 Å². The van der Waals surface area contributed by atoms with Gasteiger partial charge in [0.05, 0.1) is 10.0 Å². The molecule has 0 saturated carbocycles. The van der Waals surface area contributed by atoms with Gasteiger partial charge in [0, 0.05) is 11.4 Å². The average molecular weight is 272 g/mol. The van der Waals surface area contributed by atoms with E-state index in [0.717, 1.165) is 16.7 Å². The van der Waals surface area contributed by atoms with Gasteiger partial charge < -0.3 is 0 Å². The van der Waals surface area contributed by atoms with E-state index in [2.05, 4.69) is 0 Å².